The summed E-state index contributed by atoms with van der Waals surface area (Å²) in [6.45, 7) is 0. The number of anilines is 1. The molecule has 0 spiro atoms. The van der Waals surface area contributed by atoms with Gasteiger partial charge in [-0.3, -0.25) is 0 Å². The Bertz CT molecular complexity index is 776. The SMILES string of the molecule is CNc1nc(Oc2ccc(Br)cc2Cl)c2[nH]cnc2n1. The van der Waals surface area contributed by atoms with E-state index < -0.39 is 0 Å². The number of halogens is 2. The summed E-state index contributed by atoms with van der Waals surface area (Å²) in [6, 6.07) is 5.35. The number of hydrogen-bond acceptors (Lipinski definition) is 5. The monoisotopic (exact) mass is 353 g/mol. The number of fused-ring (bicyclic) bond motifs is 1. The van der Waals surface area contributed by atoms with Gasteiger partial charge in [-0.2, -0.15) is 9.97 Å². The Morgan fingerprint density at radius 2 is 2.20 bits per heavy atom. The van der Waals surface area contributed by atoms with Crippen LogP contribution in [0.5, 0.6) is 11.6 Å². The van der Waals surface area contributed by atoms with Crippen LogP contribution in [0.15, 0.2) is 29.0 Å². The first-order valence-corrected chi connectivity index (χ1v) is 6.86. The zero-order valence-electron chi connectivity index (χ0n) is 10.3. The molecule has 1 aromatic carbocycles. The van der Waals surface area contributed by atoms with Gasteiger partial charge in [-0.1, -0.05) is 27.5 Å². The number of benzene rings is 1. The van der Waals surface area contributed by atoms with Crippen LogP contribution in [0.3, 0.4) is 0 Å². The maximum Gasteiger partial charge on any atom is 0.250 e. The molecule has 0 fully saturated rings. The molecule has 6 nitrogen and oxygen atoms in total. The molecule has 0 aliphatic carbocycles. The predicted octanol–water partition coefficient (Wildman–Crippen LogP) is 3.60. The van der Waals surface area contributed by atoms with Crippen LogP contribution in [0.4, 0.5) is 5.95 Å². The van der Waals surface area contributed by atoms with Crippen molar-refractivity contribution in [1.29, 1.82) is 0 Å². The van der Waals surface area contributed by atoms with E-state index in [1.165, 1.54) is 6.33 Å². The molecule has 3 rings (SSSR count). The normalized spacial score (nSPS) is 10.8. The van der Waals surface area contributed by atoms with Crippen molar-refractivity contribution >= 4 is 44.6 Å². The van der Waals surface area contributed by atoms with Gasteiger partial charge < -0.3 is 15.0 Å². The average molecular weight is 355 g/mol. The summed E-state index contributed by atoms with van der Waals surface area (Å²) in [5, 5.41) is 3.35. The van der Waals surface area contributed by atoms with Gasteiger partial charge in [0.05, 0.1) is 11.3 Å². The van der Waals surface area contributed by atoms with Crippen LogP contribution in [0.2, 0.25) is 5.02 Å². The van der Waals surface area contributed by atoms with Crippen molar-refractivity contribution in [1.82, 2.24) is 19.9 Å². The largest absolute Gasteiger partial charge is 0.435 e. The lowest BCUT2D eigenvalue weighted by Gasteiger charge is -2.08. The highest BCUT2D eigenvalue weighted by Gasteiger charge is 2.13. The summed E-state index contributed by atoms with van der Waals surface area (Å²) in [4.78, 5) is 15.5. The molecule has 8 heteroatoms. The smallest absolute Gasteiger partial charge is 0.250 e. The number of rotatable bonds is 3. The maximum absolute atomic E-state index is 6.14. The molecule has 0 aliphatic rings. The van der Waals surface area contributed by atoms with Crippen molar-refractivity contribution in [3.8, 4) is 11.6 Å². The number of ether oxygens (including phenoxy) is 1. The van der Waals surface area contributed by atoms with Gasteiger partial charge in [0, 0.05) is 11.5 Å². The lowest BCUT2D eigenvalue weighted by atomic mass is 10.3. The number of imidazole rings is 1. The number of nitrogens with one attached hydrogen (secondary N) is 2. The van der Waals surface area contributed by atoms with Gasteiger partial charge in [-0.05, 0) is 18.2 Å². The number of aromatic amines is 1. The highest BCUT2D eigenvalue weighted by molar-refractivity contribution is 9.10. The standard InChI is InChI=1S/C12H9BrClN5O/c1-15-12-18-10-9(16-5-17-10)11(19-12)20-8-3-2-6(13)4-7(8)14/h2-5H,1H3,(H2,15,16,17,18,19). The fourth-order valence-electron chi connectivity index (χ4n) is 1.65. The second-order valence-electron chi connectivity index (χ2n) is 3.88. The number of aromatic nitrogens is 4. The van der Waals surface area contributed by atoms with Crippen molar-refractivity contribution < 1.29 is 4.74 Å². The fourth-order valence-corrected chi connectivity index (χ4v) is 2.37. The molecule has 2 heterocycles. The van der Waals surface area contributed by atoms with E-state index in [0.717, 1.165) is 4.47 Å². The molecule has 0 saturated heterocycles. The average Bonchev–Trinajstić information content (AvgIpc) is 2.90. The van der Waals surface area contributed by atoms with Crippen molar-refractivity contribution in [3.05, 3.63) is 34.0 Å². The van der Waals surface area contributed by atoms with E-state index in [1.807, 2.05) is 6.07 Å². The van der Waals surface area contributed by atoms with Crippen LogP contribution < -0.4 is 10.1 Å². The minimum absolute atomic E-state index is 0.362. The molecule has 0 saturated carbocycles. The Morgan fingerprint density at radius 3 is 2.95 bits per heavy atom. The van der Waals surface area contributed by atoms with Gasteiger partial charge in [0.15, 0.2) is 5.65 Å². The molecular formula is C12H9BrClN5O. The lowest BCUT2D eigenvalue weighted by molar-refractivity contribution is 0.468. The molecule has 0 amide bonds. The highest BCUT2D eigenvalue weighted by Crippen LogP contribution is 2.33. The van der Waals surface area contributed by atoms with Crippen LogP contribution in [-0.2, 0) is 0 Å². The molecule has 0 bridgehead atoms. The van der Waals surface area contributed by atoms with Gasteiger partial charge >= 0.3 is 0 Å². The highest BCUT2D eigenvalue weighted by atomic mass is 79.9. The van der Waals surface area contributed by atoms with Crippen LogP contribution in [-0.4, -0.2) is 27.0 Å². The molecule has 20 heavy (non-hydrogen) atoms. The van der Waals surface area contributed by atoms with E-state index >= 15 is 0 Å². The van der Waals surface area contributed by atoms with Crippen molar-refractivity contribution in [2.45, 2.75) is 0 Å². The zero-order valence-corrected chi connectivity index (χ0v) is 12.7. The molecule has 0 aliphatic heterocycles. The van der Waals surface area contributed by atoms with Crippen LogP contribution in [0.25, 0.3) is 11.2 Å². The number of nitrogens with zero attached hydrogens (tertiary/aromatic N) is 3. The van der Waals surface area contributed by atoms with Gasteiger partial charge in [0.1, 0.15) is 11.3 Å². The predicted molar refractivity (Wildman–Crippen MR) is 80.5 cm³/mol. The van der Waals surface area contributed by atoms with Gasteiger partial charge in [-0.25, -0.2) is 4.98 Å². The molecule has 2 N–H and O–H groups in total. The third-order valence-corrected chi connectivity index (χ3v) is 3.37. The van der Waals surface area contributed by atoms with E-state index in [9.17, 15) is 0 Å². The van der Waals surface area contributed by atoms with E-state index in [2.05, 4.69) is 41.2 Å². The molecule has 102 valence electrons. The number of H-pyrrole nitrogens is 1. The van der Waals surface area contributed by atoms with Crippen LogP contribution >= 0.6 is 27.5 Å². The Balaban J connectivity index is 2.07. The summed E-state index contributed by atoms with van der Waals surface area (Å²) in [5.74, 6) is 1.29. The summed E-state index contributed by atoms with van der Waals surface area (Å²) >= 11 is 9.48. The summed E-state index contributed by atoms with van der Waals surface area (Å²) in [5.41, 5.74) is 1.13. The first-order chi connectivity index (χ1) is 9.67. The molecule has 2 aromatic heterocycles. The van der Waals surface area contributed by atoms with Crippen LogP contribution in [0.1, 0.15) is 0 Å². The van der Waals surface area contributed by atoms with E-state index in [0.29, 0.717) is 33.8 Å². The Labute approximate surface area is 127 Å². The van der Waals surface area contributed by atoms with Gasteiger partial charge in [0.25, 0.3) is 5.88 Å². The third kappa shape index (κ3) is 2.41. The lowest BCUT2D eigenvalue weighted by Crippen LogP contribution is -1.99. The fraction of sp³-hybridized carbons (Fsp3) is 0.0833. The quantitative estimate of drug-likeness (QED) is 0.751. The third-order valence-electron chi connectivity index (χ3n) is 2.58. The summed E-state index contributed by atoms with van der Waals surface area (Å²) in [7, 11) is 1.73. The summed E-state index contributed by atoms with van der Waals surface area (Å²) < 4.78 is 6.64. The van der Waals surface area contributed by atoms with Crippen LogP contribution in [0, 0.1) is 0 Å². The molecule has 0 atom stereocenters. The zero-order chi connectivity index (χ0) is 14.1. The number of hydrogen-bond donors (Lipinski definition) is 2. The first-order valence-electron chi connectivity index (χ1n) is 5.69. The minimum atomic E-state index is 0.362. The second-order valence-corrected chi connectivity index (χ2v) is 5.20. The Morgan fingerprint density at radius 1 is 1.35 bits per heavy atom. The van der Waals surface area contributed by atoms with E-state index in [4.69, 9.17) is 16.3 Å². The topological polar surface area (TPSA) is 75.7 Å². The van der Waals surface area contributed by atoms with Gasteiger partial charge in [0.2, 0.25) is 5.95 Å². The molecule has 3 aromatic rings. The van der Waals surface area contributed by atoms with Crippen molar-refractivity contribution in [2.75, 3.05) is 12.4 Å². The second kappa shape index (κ2) is 5.26. The van der Waals surface area contributed by atoms with E-state index in [-0.39, 0.29) is 0 Å². The van der Waals surface area contributed by atoms with Crippen molar-refractivity contribution in [3.63, 3.8) is 0 Å². The first kappa shape index (κ1) is 13.1. The molecule has 0 radical (unpaired) electrons. The molecular weight excluding hydrogens is 346 g/mol. The van der Waals surface area contributed by atoms with Gasteiger partial charge in [-0.15, -0.1) is 0 Å². The Kier molecular flexibility index (Phi) is 3.45. The van der Waals surface area contributed by atoms with Crippen molar-refractivity contribution in [2.24, 2.45) is 0 Å². The Hall–Kier alpha value is -1.86. The maximum atomic E-state index is 6.14. The minimum Gasteiger partial charge on any atom is -0.435 e. The summed E-state index contributed by atoms with van der Waals surface area (Å²) in [6.07, 6.45) is 1.54. The van der Waals surface area contributed by atoms with E-state index in [1.54, 1.807) is 19.2 Å². The molecule has 0 unspecified atom stereocenters.